The molecule has 35 heavy (non-hydrogen) atoms. The molecule has 0 amide bonds. The first-order valence-electron chi connectivity index (χ1n) is 12.2. The highest BCUT2D eigenvalue weighted by Crippen LogP contribution is 2.53. The summed E-state index contributed by atoms with van der Waals surface area (Å²) in [6.45, 7) is 3.90. The van der Waals surface area contributed by atoms with Crippen molar-refractivity contribution in [1.82, 2.24) is 4.98 Å². The summed E-state index contributed by atoms with van der Waals surface area (Å²) in [7, 11) is 1.45. The summed E-state index contributed by atoms with van der Waals surface area (Å²) >= 11 is 0. The lowest BCUT2D eigenvalue weighted by atomic mass is 9.57. The summed E-state index contributed by atoms with van der Waals surface area (Å²) in [6, 6.07) is 19.2. The van der Waals surface area contributed by atoms with Crippen LogP contribution in [-0.2, 0) is 16.1 Å². The van der Waals surface area contributed by atoms with Gasteiger partial charge in [-0.15, -0.1) is 0 Å². The number of rotatable bonds is 6. The lowest BCUT2D eigenvalue weighted by Gasteiger charge is -2.51. The molecule has 1 saturated heterocycles. The van der Waals surface area contributed by atoms with E-state index < -0.39 is 0 Å². The third kappa shape index (κ3) is 4.88. The van der Waals surface area contributed by atoms with Crippen molar-refractivity contribution in [2.75, 3.05) is 25.1 Å². The molecular weight excluding hydrogens is 443 g/mol. The Kier molecular flexibility index (Phi) is 6.46. The number of nitrogens with zero attached hydrogens (tertiary/aromatic N) is 2. The number of piperidine rings is 1. The van der Waals surface area contributed by atoms with Crippen LogP contribution in [0.3, 0.4) is 0 Å². The fourth-order valence-electron chi connectivity index (χ4n) is 5.47. The van der Waals surface area contributed by atoms with Gasteiger partial charge in [-0.3, -0.25) is 4.79 Å². The third-order valence-electron chi connectivity index (χ3n) is 7.53. The molecule has 1 spiro atoms. The highest BCUT2D eigenvalue weighted by molar-refractivity contribution is 5.74. The van der Waals surface area contributed by atoms with Gasteiger partial charge in [0.15, 0.2) is 0 Å². The molecule has 1 aromatic heterocycles. The van der Waals surface area contributed by atoms with Crippen LogP contribution in [-0.4, -0.2) is 31.2 Å². The van der Waals surface area contributed by atoms with Crippen molar-refractivity contribution in [2.24, 2.45) is 11.3 Å². The van der Waals surface area contributed by atoms with Crippen molar-refractivity contribution in [2.45, 2.75) is 39.2 Å². The molecule has 0 unspecified atom stereocenters. The zero-order valence-corrected chi connectivity index (χ0v) is 20.3. The topological polar surface area (TPSA) is 51.7 Å². The maximum Gasteiger partial charge on any atom is 0.308 e. The van der Waals surface area contributed by atoms with Gasteiger partial charge >= 0.3 is 5.97 Å². The van der Waals surface area contributed by atoms with Gasteiger partial charge in [0, 0.05) is 24.3 Å². The number of methoxy groups -OCH3 is 1. The maximum absolute atomic E-state index is 15.3. The minimum Gasteiger partial charge on any atom is -0.472 e. The van der Waals surface area contributed by atoms with Gasteiger partial charge in [-0.05, 0) is 73.4 Å². The SMILES string of the molecule is COC(=O)C1CC2(CCN(c3ccc(-c4ccc(C)nc4OCc4ccccc4)cc3F)CC2)C1. The highest BCUT2D eigenvalue weighted by atomic mass is 19.1. The second-order valence-electron chi connectivity index (χ2n) is 9.86. The Hall–Kier alpha value is -3.41. The summed E-state index contributed by atoms with van der Waals surface area (Å²) in [5.41, 5.74) is 4.26. The highest BCUT2D eigenvalue weighted by Gasteiger charge is 2.49. The van der Waals surface area contributed by atoms with E-state index in [2.05, 4.69) is 9.88 Å². The molecule has 0 bridgehead atoms. The molecule has 6 heteroatoms. The lowest BCUT2D eigenvalue weighted by Crippen LogP contribution is -2.49. The smallest absolute Gasteiger partial charge is 0.308 e. The minimum absolute atomic E-state index is 0.0315. The second kappa shape index (κ2) is 9.68. The largest absolute Gasteiger partial charge is 0.472 e. The van der Waals surface area contributed by atoms with E-state index >= 15 is 4.39 Å². The van der Waals surface area contributed by atoms with Crippen LogP contribution in [0.4, 0.5) is 10.1 Å². The number of ether oxygens (including phenoxy) is 2. The normalized spacial score (nSPS) is 17.2. The second-order valence-corrected chi connectivity index (χ2v) is 9.86. The predicted octanol–water partition coefficient (Wildman–Crippen LogP) is 5.94. The Balaban J connectivity index is 1.28. The van der Waals surface area contributed by atoms with Gasteiger partial charge < -0.3 is 14.4 Å². The standard InChI is InChI=1S/C29H31FN2O3/c1-20-8-10-24(27(31-20)35-19-21-6-4-3-5-7-21)22-9-11-26(25(30)16-22)32-14-12-29(13-15-32)17-23(18-29)28(33)34-2/h3-11,16,23H,12-15,17-19H2,1-2H3. The van der Waals surface area contributed by atoms with Gasteiger partial charge in [-0.2, -0.15) is 0 Å². The molecule has 1 saturated carbocycles. The van der Waals surface area contributed by atoms with Crippen LogP contribution in [0, 0.1) is 24.1 Å². The number of carbonyl (C=O) groups is 1. The molecule has 2 aliphatic rings. The van der Waals surface area contributed by atoms with Crippen LogP contribution in [0.15, 0.2) is 60.7 Å². The molecule has 5 nitrogen and oxygen atoms in total. The number of anilines is 1. The quantitative estimate of drug-likeness (QED) is 0.414. The zero-order valence-electron chi connectivity index (χ0n) is 20.3. The molecule has 0 radical (unpaired) electrons. The molecule has 2 heterocycles. The number of pyridine rings is 1. The first-order chi connectivity index (χ1) is 17.0. The number of carbonyl (C=O) groups excluding carboxylic acids is 1. The summed E-state index contributed by atoms with van der Waals surface area (Å²) in [4.78, 5) is 18.5. The number of hydrogen-bond acceptors (Lipinski definition) is 5. The number of benzene rings is 2. The van der Waals surface area contributed by atoms with Crippen molar-refractivity contribution < 1.29 is 18.7 Å². The van der Waals surface area contributed by atoms with E-state index in [9.17, 15) is 4.79 Å². The van der Waals surface area contributed by atoms with Gasteiger partial charge in [0.1, 0.15) is 12.4 Å². The minimum atomic E-state index is -0.242. The van der Waals surface area contributed by atoms with Gasteiger partial charge in [0.25, 0.3) is 0 Å². The van der Waals surface area contributed by atoms with Crippen molar-refractivity contribution in [3.05, 3.63) is 77.7 Å². The van der Waals surface area contributed by atoms with Crippen molar-refractivity contribution in [1.29, 1.82) is 0 Å². The molecule has 1 aliphatic carbocycles. The van der Waals surface area contributed by atoms with Gasteiger partial charge in [0.05, 0.1) is 18.7 Å². The average molecular weight is 475 g/mol. The molecule has 0 N–H and O–H groups in total. The van der Waals surface area contributed by atoms with Crippen LogP contribution in [0.1, 0.15) is 36.9 Å². The van der Waals surface area contributed by atoms with E-state index in [-0.39, 0.29) is 23.1 Å². The van der Waals surface area contributed by atoms with Crippen LogP contribution in [0.25, 0.3) is 11.1 Å². The van der Waals surface area contributed by atoms with Crippen molar-refractivity contribution in [3.8, 4) is 17.0 Å². The van der Waals surface area contributed by atoms with E-state index in [0.717, 1.165) is 61.2 Å². The maximum atomic E-state index is 15.3. The molecule has 2 aromatic carbocycles. The van der Waals surface area contributed by atoms with Gasteiger partial charge in [-0.1, -0.05) is 36.4 Å². The molecule has 0 atom stereocenters. The van der Waals surface area contributed by atoms with Gasteiger partial charge in [-0.25, -0.2) is 9.37 Å². The molecular formula is C29H31FN2O3. The molecule has 182 valence electrons. The predicted molar refractivity (Wildman–Crippen MR) is 134 cm³/mol. The van der Waals surface area contributed by atoms with Crippen molar-refractivity contribution >= 4 is 11.7 Å². The third-order valence-corrected chi connectivity index (χ3v) is 7.53. The van der Waals surface area contributed by atoms with Gasteiger partial charge in [0.2, 0.25) is 5.88 Å². The Labute approximate surface area is 205 Å². The molecule has 3 aromatic rings. The molecule has 2 fully saturated rings. The Morgan fingerprint density at radius 2 is 1.83 bits per heavy atom. The first-order valence-corrected chi connectivity index (χ1v) is 12.2. The van der Waals surface area contributed by atoms with Crippen molar-refractivity contribution in [3.63, 3.8) is 0 Å². The Morgan fingerprint density at radius 1 is 1.09 bits per heavy atom. The number of aryl methyl sites for hydroxylation is 1. The van der Waals surface area contributed by atoms with E-state index in [0.29, 0.717) is 18.2 Å². The number of esters is 1. The zero-order chi connectivity index (χ0) is 24.4. The monoisotopic (exact) mass is 474 g/mol. The van der Waals surface area contributed by atoms with E-state index in [1.807, 2.05) is 61.5 Å². The van der Waals surface area contributed by atoms with Crippen LogP contribution in [0.5, 0.6) is 5.88 Å². The van der Waals surface area contributed by atoms with Crippen LogP contribution in [0.2, 0.25) is 0 Å². The van der Waals surface area contributed by atoms with E-state index in [1.165, 1.54) is 7.11 Å². The molecule has 1 aliphatic heterocycles. The van der Waals surface area contributed by atoms with Crippen LogP contribution < -0.4 is 9.64 Å². The summed E-state index contributed by atoms with van der Waals surface area (Å²) < 4.78 is 26.2. The van der Waals surface area contributed by atoms with E-state index in [4.69, 9.17) is 9.47 Å². The average Bonchev–Trinajstić information content (AvgIpc) is 2.86. The lowest BCUT2D eigenvalue weighted by molar-refractivity contribution is -0.154. The molecule has 5 rings (SSSR count). The van der Waals surface area contributed by atoms with E-state index in [1.54, 1.807) is 6.07 Å². The summed E-state index contributed by atoms with van der Waals surface area (Å²) in [5.74, 6) is 0.196. The Bertz CT molecular complexity index is 1200. The fourth-order valence-corrected chi connectivity index (χ4v) is 5.47. The number of aromatic nitrogens is 1. The summed E-state index contributed by atoms with van der Waals surface area (Å²) in [5, 5.41) is 0. The van der Waals surface area contributed by atoms with Crippen LogP contribution >= 0.6 is 0 Å². The summed E-state index contributed by atoms with van der Waals surface area (Å²) in [6.07, 6.45) is 3.73. The fraction of sp³-hybridized carbons (Fsp3) is 0.379. The first kappa shape index (κ1) is 23.3. The Morgan fingerprint density at radius 3 is 2.51 bits per heavy atom. The number of hydrogen-bond donors (Lipinski definition) is 0. The number of halogens is 1.